The normalized spacial score (nSPS) is 33.8. The number of nitrogens with two attached hydrogens (primary N) is 1. The Bertz CT molecular complexity index is 277. The third-order valence-electron chi connectivity index (χ3n) is 4.93. The quantitative estimate of drug-likeness (QED) is 0.838. The van der Waals surface area contributed by atoms with Crippen molar-refractivity contribution in [2.75, 3.05) is 32.7 Å². The van der Waals surface area contributed by atoms with Crippen LogP contribution in [0.1, 0.15) is 40.5 Å². The van der Waals surface area contributed by atoms with Crippen molar-refractivity contribution >= 4 is 0 Å². The van der Waals surface area contributed by atoms with E-state index in [2.05, 4.69) is 37.5 Å². The van der Waals surface area contributed by atoms with Gasteiger partial charge in [-0.05, 0) is 40.5 Å². The lowest BCUT2D eigenvalue weighted by Gasteiger charge is -2.52. The number of hydrogen-bond donors (Lipinski definition) is 1. The highest BCUT2D eigenvalue weighted by molar-refractivity contribution is 4.98. The van der Waals surface area contributed by atoms with Gasteiger partial charge in [0.2, 0.25) is 0 Å². The van der Waals surface area contributed by atoms with Gasteiger partial charge in [-0.2, -0.15) is 0 Å². The summed E-state index contributed by atoms with van der Waals surface area (Å²) in [7, 11) is 0. The molecule has 2 rings (SSSR count). The van der Waals surface area contributed by atoms with Crippen molar-refractivity contribution in [1.29, 1.82) is 0 Å². The van der Waals surface area contributed by atoms with E-state index in [4.69, 9.17) is 10.5 Å². The molecule has 2 N–H and O–H groups in total. The molecule has 19 heavy (non-hydrogen) atoms. The van der Waals surface area contributed by atoms with Crippen LogP contribution < -0.4 is 5.73 Å². The van der Waals surface area contributed by atoms with Gasteiger partial charge >= 0.3 is 0 Å². The van der Waals surface area contributed by atoms with Crippen LogP contribution in [0.25, 0.3) is 0 Å². The molecule has 0 radical (unpaired) electrons. The summed E-state index contributed by atoms with van der Waals surface area (Å²) in [6, 6.07) is 0.651. The summed E-state index contributed by atoms with van der Waals surface area (Å²) >= 11 is 0. The molecule has 0 aromatic heterocycles. The standard InChI is InChI=1S/C15H31N3O/c1-12(2)17-7-5-15(11-16,6-8-17)18-9-13(3)19-14(4)10-18/h12-14H,5-11,16H2,1-4H3. The summed E-state index contributed by atoms with van der Waals surface area (Å²) in [4.78, 5) is 5.19. The SMILES string of the molecule is CC1CN(C2(CN)CCN(C(C)C)CC2)CC(C)O1. The maximum absolute atomic E-state index is 6.18. The zero-order valence-electron chi connectivity index (χ0n) is 13.1. The third kappa shape index (κ3) is 3.30. The molecule has 2 heterocycles. The molecule has 0 aromatic carbocycles. The van der Waals surface area contributed by atoms with E-state index in [0.717, 1.165) is 19.6 Å². The molecule has 112 valence electrons. The summed E-state index contributed by atoms with van der Waals surface area (Å²) in [5.41, 5.74) is 6.39. The molecular formula is C15H31N3O. The number of morpholine rings is 1. The molecule has 0 aliphatic carbocycles. The summed E-state index contributed by atoms with van der Waals surface area (Å²) in [5.74, 6) is 0. The highest BCUT2D eigenvalue weighted by Gasteiger charge is 2.41. The molecule has 0 amide bonds. The predicted octanol–water partition coefficient (Wildman–Crippen LogP) is 1.30. The summed E-state index contributed by atoms with van der Waals surface area (Å²) in [6.45, 7) is 14.1. The largest absolute Gasteiger partial charge is 0.373 e. The minimum Gasteiger partial charge on any atom is -0.373 e. The first-order chi connectivity index (χ1) is 8.97. The Hall–Kier alpha value is -0.160. The van der Waals surface area contributed by atoms with Gasteiger partial charge in [0.05, 0.1) is 12.2 Å². The predicted molar refractivity (Wildman–Crippen MR) is 79.3 cm³/mol. The van der Waals surface area contributed by atoms with E-state index in [1.165, 1.54) is 25.9 Å². The molecule has 4 heteroatoms. The zero-order valence-corrected chi connectivity index (χ0v) is 13.1. The Balaban J connectivity index is 2.03. The summed E-state index contributed by atoms with van der Waals surface area (Å²) in [5, 5.41) is 0. The highest BCUT2D eigenvalue weighted by atomic mass is 16.5. The van der Waals surface area contributed by atoms with Crippen LogP contribution in [0.4, 0.5) is 0 Å². The van der Waals surface area contributed by atoms with Gasteiger partial charge < -0.3 is 15.4 Å². The van der Waals surface area contributed by atoms with Crippen LogP contribution in [0.15, 0.2) is 0 Å². The lowest BCUT2D eigenvalue weighted by Crippen LogP contribution is -2.64. The minimum absolute atomic E-state index is 0.206. The third-order valence-corrected chi connectivity index (χ3v) is 4.93. The number of hydrogen-bond acceptors (Lipinski definition) is 4. The van der Waals surface area contributed by atoms with Crippen LogP contribution in [0.2, 0.25) is 0 Å². The van der Waals surface area contributed by atoms with E-state index >= 15 is 0 Å². The molecule has 2 unspecified atom stereocenters. The van der Waals surface area contributed by atoms with Gasteiger partial charge in [-0.15, -0.1) is 0 Å². The van der Waals surface area contributed by atoms with Gasteiger partial charge in [0.1, 0.15) is 0 Å². The van der Waals surface area contributed by atoms with Crippen LogP contribution in [0.5, 0.6) is 0 Å². The highest BCUT2D eigenvalue weighted by Crippen LogP contribution is 2.31. The van der Waals surface area contributed by atoms with E-state index in [1.807, 2.05) is 0 Å². The Labute approximate surface area is 118 Å². The minimum atomic E-state index is 0.206. The second-order valence-electron chi connectivity index (χ2n) is 6.72. The van der Waals surface area contributed by atoms with Gasteiger partial charge in [0.25, 0.3) is 0 Å². The number of likely N-dealkylation sites (tertiary alicyclic amines) is 1. The molecule has 0 spiro atoms. The smallest absolute Gasteiger partial charge is 0.0678 e. The molecule has 2 aliphatic rings. The van der Waals surface area contributed by atoms with Crippen molar-refractivity contribution in [1.82, 2.24) is 9.80 Å². The van der Waals surface area contributed by atoms with Gasteiger partial charge in [-0.25, -0.2) is 0 Å². The molecular weight excluding hydrogens is 238 g/mol. The second-order valence-corrected chi connectivity index (χ2v) is 6.72. The van der Waals surface area contributed by atoms with E-state index < -0.39 is 0 Å². The molecule has 2 fully saturated rings. The Morgan fingerprint density at radius 1 is 1.16 bits per heavy atom. The van der Waals surface area contributed by atoms with Crippen LogP contribution in [-0.4, -0.2) is 66.3 Å². The molecule has 2 saturated heterocycles. The van der Waals surface area contributed by atoms with Gasteiger partial charge in [-0.3, -0.25) is 4.90 Å². The Morgan fingerprint density at radius 2 is 1.68 bits per heavy atom. The number of ether oxygens (including phenoxy) is 1. The van der Waals surface area contributed by atoms with Gasteiger partial charge in [0, 0.05) is 44.3 Å². The molecule has 4 nitrogen and oxygen atoms in total. The lowest BCUT2D eigenvalue weighted by atomic mass is 9.84. The van der Waals surface area contributed by atoms with Crippen molar-refractivity contribution in [2.24, 2.45) is 5.73 Å². The molecule has 2 atom stereocenters. The fourth-order valence-electron chi connectivity index (χ4n) is 3.67. The van der Waals surface area contributed by atoms with E-state index in [0.29, 0.717) is 18.2 Å². The van der Waals surface area contributed by atoms with E-state index in [9.17, 15) is 0 Å². The van der Waals surface area contributed by atoms with Crippen molar-refractivity contribution in [3.05, 3.63) is 0 Å². The fourth-order valence-corrected chi connectivity index (χ4v) is 3.67. The first-order valence-electron chi connectivity index (χ1n) is 7.81. The van der Waals surface area contributed by atoms with Gasteiger partial charge in [-0.1, -0.05) is 0 Å². The first-order valence-corrected chi connectivity index (χ1v) is 7.81. The summed E-state index contributed by atoms with van der Waals surface area (Å²) in [6.07, 6.45) is 3.05. The zero-order chi connectivity index (χ0) is 14.0. The second kappa shape index (κ2) is 6.08. The van der Waals surface area contributed by atoms with Crippen LogP contribution >= 0.6 is 0 Å². The van der Waals surface area contributed by atoms with E-state index in [1.54, 1.807) is 0 Å². The van der Waals surface area contributed by atoms with Crippen LogP contribution in [0.3, 0.4) is 0 Å². The maximum Gasteiger partial charge on any atom is 0.0678 e. The molecule has 0 bridgehead atoms. The maximum atomic E-state index is 6.18. The average molecular weight is 269 g/mol. The fraction of sp³-hybridized carbons (Fsp3) is 1.00. The van der Waals surface area contributed by atoms with Crippen LogP contribution in [0, 0.1) is 0 Å². The molecule has 2 aliphatic heterocycles. The van der Waals surface area contributed by atoms with E-state index in [-0.39, 0.29) is 5.54 Å². The summed E-state index contributed by atoms with van der Waals surface area (Å²) < 4.78 is 5.86. The molecule has 0 saturated carbocycles. The Kier molecular flexibility index (Phi) is 4.88. The Morgan fingerprint density at radius 3 is 2.11 bits per heavy atom. The number of rotatable bonds is 3. The van der Waals surface area contributed by atoms with Crippen molar-refractivity contribution in [3.8, 4) is 0 Å². The number of piperidine rings is 1. The topological polar surface area (TPSA) is 41.7 Å². The van der Waals surface area contributed by atoms with Crippen LogP contribution in [-0.2, 0) is 4.74 Å². The number of nitrogens with zero attached hydrogens (tertiary/aromatic N) is 2. The monoisotopic (exact) mass is 269 g/mol. The van der Waals surface area contributed by atoms with Crippen molar-refractivity contribution in [3.63, 3.8) is 0 Å². The van der Waals surface area contributed by atoms with Crippen molar-refractivity contribution in [2.45, 2.75) is 64.3 Å². The first kappa shape index (κ1) is 15.2. The molecule has 0 aromatic rings. The van der Waals surface area contributed by atoms with Gasteiger partial charge in [0.15, 0.2) is 0 Å². The average Bonchev–Trinajstić information content (AvgIpc) is 2.37. The lowest BCUT2D eigenvalue weighted by molar-refractivity contribution is -0.112. The van der Waals surface area contributed by atoms with Crippen molar-refractivity contribution < 1.29 is 4.74 Å².